The van der Waals surface area contributed by atoms with Crippen LogP contribution in [-0.2, 0) is 9.84 Å². The molecule has 5 nitrogen and oxygen atoms in total. The quantitative estimate of drug-likeness (QED) is 0.824. The van der Waals surface area contributed by atoms with Crippen LogP contribution in [0.1, 0.15) is 6.42 Å². The summed E-state index contributed by atoms with van der Waals surface area (Å²) in [6.07, 6.45) is 3.79. The number of sulfone groups is 1. The second-order valence-corrected chi connectivity index (χ2v) is 7.02. The summed E-state index contributed by atoms with van der Waals surface area (Å²) in [5, 5.41) is 0.491. The molecule has 2 heterocycles. The van der Waals surface area contributed by atoms with E-state index < -0.39 is 9.84 Å². The van der Waals surface area contributed by atoms with Crippen molar-refractivity contribution in [3.63, 3.8) is 0 Å². The summed E-state index contributed by atoms with van der Waals surface area (Å²) in [6.45, 7) is 0.654. The lowest BCUT2D eigenvalue weighted by Gasteiger charge is -2.19. The maximum absolute atomic E-state index is 11.3. The van der Waals surface area contributed by atoms with Crippen LogP contribution in [0, 0.1) is 5.92 Å². The molecule has 0 saturated carbocycles. The lowest BCUT2D eigenvalue weighted by atomic mass is 10.1. The van der Waals surface area contributed by atoms with Gasteiger partial charge in [-0.1, -0.05) is 11.6 Å². The van der Waals surface area contributed by atoms with Gasteiger partial charge in [0.2, 0.25) is 5.95 Å². The molecule has 2 rings (SSSR count). The minimum atomic E-state index is -2.82. The van der Waals surface area contributed by atoms with E-state index in [-0.39, 0.29) is 11.7 Å². The molecule has 1 fully saturated rings. The summed E-state index contributed by atoms with van der Waals surface area (Å²) >= 11 is 5.70. The van der Waals surface area contributed by atoms with Crippen LogP contribution in [0.4, 0.5) is 5.95 Å². The minimum Gasteiger partial charge on any atom is -0.344 e. The van der Waals surface area contributed by atoms with Crippen LogP contribution in [0.5, 0.6) is 0 Å². The lowest BCUT2D eigenvalue weighted by molar-refractivity contribution is 0.577. The van der Waals surface area contributed by atoms with Crippen molar-refractivity contribution in [2.75, 3.05) is 30.0 Å². The predicted molar refractivity (Wildman–Crippen MR) is 67.1 cm³/mol. The lowest BCUT2D eigenvalue weighted by Crippen LogP contribution is -2.27. The molecular formula is C10H14ClN3O2S. The molecular weight excluding hydrogens is 262 g/mol. The third-order valence-electron chi connectivity index (χ3n) is 2.81. The van der Waals surface area contributed by atoms with E-state index in [2.05, 4.69) is 9.97 Å². The second kappa shape index (κ2) is 4.78. The molecule has 0 aromatic carbocycles. The van der Waals surface area contributed by atoms with Gasteiger partial charge in [0.1, 0.15) is 0 Å². The molecule has 0 amide bonds. The third-order valence-corrected chi connectivity index (χ3v) is 4.84. The Morgan fingerprint density at radius 2 is 2.12 bits per heavy atom. The summed E-state index contributed by atoms with van der Waals surface area (Å²) in [7, 11) is -0.963. The van der Waals surface area contributed by atoms with E-state index in [4.69, 9.17) is 11.6 Å². The first-order valence-corrected chi connectivity index (χ1v) is 7.55. The standard InChI is InChI=1S/C10H14ClN3O2S/c1-14(10-12-4-9(11)5-13-10)6-8-2-3-17(15,16)7-8/h4-5,8H,2-3,6-7H2,1H3. The van der Waals surface area contributed by atoms with Gasteiger partial charge >= 0.3 is 0 Å². The minimum absolute atomic E-state index is 0.171. The number of hydrogen-bond donors (Lipinski definition) is 0. The van der Waals surface area contributed by atoms with E-state index in [1.165, 1.54) is 12.4 Å². The molecule has 0 aliphatic carbocycles. The van der Waals surface area contributed by atoms with Crippen molar-refractivity contribution < 1.29 is 8.42 Å². The fourth-order valence-electron chi connectivity index (χ4n) is 1.99. The zero-order chi connectivity index (χ0) is 12.5. The summed E-state index contributed by atoms with van der Waals surface area (Å²) in [6, 6.07) is 0. The highest BCUT2D eigenvalue weighted by Crippen LogP contribution is 2.20. The van der Waals surface area contributed by atoms with Crippen LogP contribution >= 0.6 is 11.6 Å². The maximum atomic E-state index is 11.3. The largest absolute Gasteiger partial charge is 0.344 e. The van der Waals surface area contributed by atoms with Crippen molar-refractivity contribution in [3.8, 4) is 0 Å². The molecule has 0 radical (unpaired) electrons. The first-order valence-electron chi connectivity index (χ1n) is 5.35. The van der Waals surface area contributed by atoms with Gasteiger partial charge in [-0.15, -0.1) is 0 Å². The Labute approximate surface area is 106 Å². The highest BCUT2D eigenvalue weighted by molar-refractivity contribution is 7.91. The Morgan fingerprint density at radius 1 is 1.47 bits per heavy atom. The second-order valence-electron chi connectivity index (χ2n) is 4.35. The normalized spacial score (nSPS) is 22.6. The molecule has 1 saturated heterocycles. The monoisotopic (exact) mass is 275 g/mol. The Hall–Kier alpha value is -0.880. The van der Waals surface area contributed by atoms with Crippen LogP contribution < -0.4 is 4.90 Å². The van der Waals surface area contributed by atoms with Crippen LogP contribution in [0.25, 0.3) is 0 Å². The van der Waals surface area contributed by atoms with E-state index in [1.807, 2.05) is 11.9 Å². The van der Waals surface area contributed by atoms with Gasteiger partial charge in [0.05, 0.1) is 28.9 Å². The van der Waals surface area contributed by atoms with E-state index in [9.17, 15) is 8.42 Å². The molecule has 7 heteroatoms. The number of aromatic nitrogens is 2. The van der Waals surface area contributed by atoms with Gasteiger partial charge in [0.25, 0.3) is 0 Å². The van der Waals surface area contributed by atoms with Crippen molar-refractivity contribution in [2.45, 2.75) is 6.42 Å². The van der Waals surface area contributed by atoms with Crippen LogP contribution in [0.15, 0.2) is 12.4 Å². The zero-order valence-electron chi connectivity index (χ0n) is 9.50. The van der Waals surface area contributed by atoms with Crippen LogP contribution in [0.2, 0.25) is 5.02 Å². The molecule has 0 N–H and O–H groups in total. The van der Waals surface area contributed by atoms with Gasteiger partial charge in [0.15, 0.2) is 9.84 Å². The SMILES string of the molecule is CN(CC1CCS(=O)(=O)C1)c1ncc(Cl)cn1. The van der Waals surface area contributed by atoms with Crippen molar-refractivity contribution in [1.82, 2.24) is 9.97 Å². The molecule has 1 atom stereocenters. The van der Waals surface area contributed by atoms with E-state index in [0.717, 1.165) is 6.42 Å². The molecule has 0 spiro atoms. The number of rotatable bonds is 3. The fourth-order valence-corrected chi connectivity index (χ4v) is 3.93. The number of anilines is 1. The van der Waals surface area contributed by atoms with Gasteiger partial charge in [-0.25, -0.2) is 18.4 Å². The maximum Gasteiger partial charge on any atom is 0.225 e. The van der Waals surface area contributed by atoms with Crippen molar-refractivity contribution in [3.05, 3.63) is 17.4 Å². The topological polar surface area (TPSA) is 63.2 Å². The van der Waals surface area contributed by atoms with E-state index in [1.54, 1.807) is 0 Å². The first-order chi connectivity index (χ1) is 7.96. The number of halogens is 1. The summed E-state index contributed by atoms with van der Waals surface area (Å²) in [4.78, 5) is 10.0. The number of hydrogen-bond acceptors (Lipinski definition) is 5. The molecule has 1 aliphatic rings. The molecule has 1 aromatic rings. The van der Waals surface area contributed by atoms with Gasteiger partial charge in [-0.2, -0.15) is 0 Å². The Morgan fingerprint density at radius 3 is 2.65 bits per heavy atom. The Bertz CT molecular complexity index is 489. The zero-order valence-corrected chi connectivity index (χ0v) is 11.1. The van der Waals surface area contributed by atoms with Gasteiger partial charge in [-0.05, 0) is 12.3 Å². The first kappa shape index (κ1) is 12.6. The van der Waals surface area contributed by atoms with Gasteiger partial charge < -0.3 is 4.90 Å². The van der Waals surface area contributed by atoms with Gasteiger partial charge in [-0.3, -0.25) is 0 Å². The smallest absolute Gasteiger partial charge is 0.225 e. The molecule has 0 bridgehead atoms. The highest BCUT2D eigenvalue weighted by atomic mass is 35.5. The summed E-state index contributed by atoms with van der Waals surface area (Å²) in [5.41, 5.74) is 0. The van der Waals surface area contributed by atoms with Gasteiger partial charge in [0, 0.05) is 13.6 Å². The van der Waals surface area contributed by atoms with Crippen molar-refractivity contribution in [1.29, 1.82) is 0 Å². The Balaban J connectivity index is 1.98. The highest BCUT2D eigenvalue weighted by Gasteiger charge is 2.28. The average molecular weight is 276 g/mol. The number of nitrogens with zero attached hydrogens (tertiary/aromatic N) is 3. The molecule has 1 aliphatic heterocycles. The third kappa shape index (κ3) is 3.29. The summed E-state index contributed by atoms with van der Waals surface area (Å²) < 4.78 is 22.7. The predicted octanol–water partition coefficient (Wildman–Crippen LogP) is 1.00. The molecule has 1 unspecified atom stereocenters. The van der Waals surface area contributed by atoms with E-state index in [0.29, 0.717) is 23.3 Å². The van der Waals surface area contributed by atoms with E-state index >= 15 is 0 Å². The molecule has 1 aromatic heterocycles. The Kier molecular flexibility index (Phi) is 3.53. The fraction of sp³-hybridized carbons (Fsp3) is 0.600. The van der Waals surface area contributed by atoms with Crippen molar-refractivity contribution in [2.24, 2.45) is 5.92 Å². The molecule has 94 valence electrons. The summed E-state index contributed by atoms with van der Waals surface area (Å²) in [5.74, 6) is 1.31. The van der Waals surface area contributed by atoms with Crippen LogP contribution in [0.3, 0.4) is 0 Å². The molecule has 17 heavy (non-hydrogen) atoms. The van der Waals surface area contributed by atoms with Crippen LogP contribution in [-0.4, -0.2) is 43.5 Å². The van der Waals surface area contributed by atoms with Crippen molar-refractivity contribution >= 4 is 27.4 Å². The average Bonchev–Trinajstić information content (AvgIpc) is 2.59.